The van der Waals surface area contributed by atoms with E-state index in [1.165, 1.54) is 0 Å². The molecule has 2 aromatic rings. The summed E-state index contributed by atoms with van der Waals surface area (Å²) in [5.41, 5.74) is -5.36. The number of oxime groups is 1. The van der Waals surface area contributed by atoms with Gasteiger partial charge in [-0.1, -0.05) is 41.0 Å². The van der Waals surface area contributed by atoms with Crippen molar-refractivity contribution in [3.63, 3.8) is 0 Å². The van der Waals surface area contributed by atoms with E-state index >= 15 is 0 Å². The van der Waals surface area contributed by atoms with E-state index in [9.17, 15) is 36.2 Å². The van der Waals surface area contributed by atoms with Crippen LogP contribution in [0.2, 0.25) is 5.02 Å². The van der Waals surface area contributed by atoms with Crippen LogP contribution >= 0.6 is 11.6 Å². The summed E-state index contributed by atoms with van der Waals surface area (Å²) in [4.78, 5) is 18.6. The summed E-state index contributed by atoms with van der Waals surface area (Å²) in [5, 5.41) is 13.0. The van der Waals surface area contributed by atoms with Crippen LogP contribution in [0, 0.1) is 0 Å². The molecule has 5 nitrogen and oxygen atoms in total. The molecule has 2 aliphatic heterocycles. The summed E-state index contributed by atoms with van der Waals surface area (Å²) >= 11 is 5.73. The van der Waals surface area contributed by atoms with Crippen molar-refractivity contribution in [3.05, 3.63) is 69.7 Å². The minimum atomic E-state index is -5.08. The minimum Gasteiger partial charge on any atom is -0.380 e. The van der Waals surface area contributed by atoms with Gasteiger partial charge in [-0.3, -0.25) is 4.79 Å². The largest absolute Gasteiger partial charge is 0.435 e. The number of likely N-dealkylation sites (tertiary alicyclic amines) is 1. The molecule has 1 unspecified atom stereocenters. The summed E-state index contributed by atoms with van der Waals surface area (Å²) in [5.74, 6) is -0.264. The molecule has 0 spiro atoms. The molecular formula is C24H19ClF6N2O3. The maximum Gasteiger partial charge on any atom is 0.435 e. The predicted molar refractivity (Wildman–Crippen MR) is 116 cm³/mol. The first-order valence-electron chi connectivity index (χ1n) is 11.0. The fourth-order valence-electron chi connectivity index (χ4n) is 4.47. The second kappa shape index (κ2) is 8.11. The Balaban J connectivity index is 1.34. The van der Waals surface area contributed by atoms with E-state index < -0.39 is 46.1 Å². The lowest BCUT2D eigenvalue weighted by Crippen LogP contribution is -2.52. The Morgan fingerprint density at radius 2 is 1.69 bits per heavy atom. The van der Waals surface area contributed by atoms with E-state index in [0.29, 0.717) is 43.6 Å². The van der Waals surface area contributed by atoms with Crippen LogP contribution in [0.3, 0.4) is 0 Å². The highest BCUT2D eigenvalue weighted by Crippen LogP contribution is 2.50. The summed E-state index contributed by atoms with van der Waals surface area (Å²) in [6, 6.07) is 8.24. The maximum absolute atomic E-state index is 14.2. The van der Waals surface area contributed by atoms with E-state index in [1.807, 2.05) is 0 Å². The normalized spacial score (nSPS) is 23.7. The molecule has 1 aliphatic carbocycles. The van der Waals surface area contributed by atoms with Crippen LogP contribution in [0.1, 0.15) is 47.4 Å². The number of hydrogen-bond donors (Lipinski definition) is 1. The van der Waals surface area contributed by atoms with Crippen molar-refractivity contribution < 1.29 is 41.1 Å². The molecule has 1 N–H and O–H groups in total. The number of halogens is 7. The van der Waals surface area contributed by atoms with Crippen molar-refractivity contribution in [2.45, 2.75) is 48.7 Å². The molecule has 2 fully saturated rings. The third kappa shape index (κ3) is 4.21. The van der Waals surface area contributed by atoms with Gasteiger partial charge >= 0.3 is 12.4 Å². The van der Waals surface area contributed by atoms with Gasteiger partial charge in [-0.2, -0.15) is 26.3 Å². The maximum atomic E-state index is 14.2. The van der Waals surface area contributed by atoms with Gasteiger partial charge in [-0.25, -0.2) is 0 Å². The Hall–Kier alpha value is -2.79. The van der Waals surface area contributed by atoms with Crippen molar-refractivity contribution in [2.24, 2.45) is 5.16 Å². The van der Waals surface area contributed by atoms with E-state index in [1.54, 1.807) is 29.2 Å². The SMILES string of the molecule is O=C(N1CC(c2ccc(C3=NOC(c4cc(Cl)cc(C(F)(F)F)c4)(C(F)(F)F)C3)cc2)C1)C1(O)CC1. The molecule has 0 bridgehead atoms. The fourth-order valence-corrected chi connectivity index (χ4v) is 4.71. The number of rotatable bonds is 4. The van der Waals surface area contributed by atoms with Crippen molar-refractivity contribution in [1.29, 1.82) is 0 Å². The molecule has 1 saturated heterocycles. The van der Waals surface area contributed by atoms with Gasteiger partial charge < -0.3 is 14.8 Å². The Kier molecular flexibility index (Phi) is 5.60. The Labute approximate surface area is 206 Å². The highest BCUT2D eigenvalue weighted by molar-refractivity contribution is 6.30. The van der Waals surface area contributed by atoms with Gasteiger partial charge in [-0.05, 0) is 42.2 Å². The second-order valence-electron chi connectivity index (χ2n) is 9.42. The quantitative estimate of drug-likeness (QED) is 0.537. The van der Waals surface area contributed by atoms with Gasteiger partial charge in [-0.15, -0.1) is 0 Å². The molecule has 1 saturated carbocycles. The molecule has 1 atom stereocenters. The lowest BCUT2D eigenvalue weighted by molar-refractivity contribution is -0.276. The molecule has 5 rings (SSSR count). The van der Waals surface area contributed by atoms with Gasteiger partial charge in [0.25, 0.3) is 11.5 Å². The van der Waals surface area contributed by atoms with Gasteiger partial charge in [0.15, 0.2) is 0 Å². The molecule has 2 aromatic carbocycles. The van der Waals surface area contributed by atoms with E-state index in [4.69, 9.17) is 16.4 Å². The van der Waals surface area contributed by atoms with Crippen molar-refractivity contribution in [3.8, 4) is 0 Å². The summed E-state index contributed by atoms with van der Waals surface area (Å²) < 4.78 is 82.2. The van der Waals surface area contributed by atoms with E-state index in [0.717, 1.165) is 11.6 Å². The topological polar surface area (TPSA) is 62.1 Å². The molecular weight excluding hydrogens is 514 g/mol. The average Bonchev–Trinajstić information content (AvgIpc) is 3.34. The zero-order valence-corrected chi connectivity index (χ0v) is 19.2. The number of nitrogens with zero attached hydrogens (tertiary/aromatic N) is 2. The van der Waals surface area contributed by atoms with Gasteiger partial charge in [0.1, 0.15) is 5.60 Å². The van der Waals surface area contributed by atoms with Crippen molar-refractivity contribution in [2.75, 3.05) is 13.1 Å². The minimum absolute atomic E-state index is 0.0219. The number of hydrogen-bond acceptors (Lipinski definition) is 4. The Morgan fingerprint density at radius 3 is 2.25 bits per heavy atom. The fraction of sp³-hybridized carbons (Fsp3) is 0.417. The van der Waals surface area contributed by atoms with Crippen molar-refractivity contribution in [1.82, 2.24) is 4.90 Å². The zero-order valence-electron chi connectivity index (χ0n) is 18.5. The van der Waals surface area contributed by atoms with E-state index in [-0.39, 0.29) is 17.5 Å². The van der Waals surface area contributed by atoms with Crippen LogP contribution in [-0.4, -0.2) is 46.5 Å². The van der Waals surface area contributed by atoms with Crippen LogP contribution in [0.4, 0.5) is 26.3 Å². The predicted octanol–water partition coefficient (Wildman–Crippen LogP) is 5.39. The van der Waals surface area contributed by atoms with Crippen molar-refractivity contribution >= 4 is 23.2 Å². The lowest BCUT2D eigenvalue weighted by Gasteiger charge is -2.40. The molecule has 1 amide bonds. The monoisotopic (exact) mass is 532 g/mol. The zero-order chi connectivity index (χ0) is 26.1. The van der Waals surface area contributed by atoms with Crippen LogP contribution in [-0.2, 0) is 21.4 Å². The van der Waals surface area contributed by atoms with Gasteiger partial charge in [0.05, 0.1) is 11.3 Å². The molecule has 192 valence electrons. The highest BCUT2D eigenvalue weighted by atomic mass is 35.5. The van der Waals surface area contributed by atoms with Crippen LogP contribution in [0.25, 0.3) is 0 Å². The molecule has 12 heteroatoms. The first kappa shape index (κ1) is 24.9. The Bertz CT molecular complexity index is 1230. The number of aliphatic hydroxyl groups is 1. The number of alkyl halides is 6. The molecule has 3 aliphatic rings. The standard InChI is InChI=1S/C24H19ClF6N2O3/c25-18-8-16(7-17(9-18)23(26,27)28)22(24(29,30)31)10-19(32-36-22)14-3-1-13(2-4-14)15-11-33(12-15)20(34)21(35)5-6-21/h1-4,7-9,15,35H,5-6,10-12H2. The van der Waals surface area contributed by atoms with Crippen LogP contribution in [0.15, 0.2) is 47.6 Å². The third-order valence-electron chi connectivity index (χ3n) is 6.88. The number of benzene rings is 2. The van der Waals surface area contributed by atoms with E-state index in [2.05, 4.69) is 5.16 Å². The molecule has 2 heterocycles. The number of amides is 1. The smallest absolute Gasteiger partial charge is 0.380 e. The first-order valence-corrected chi connectivity index (χ1v) is 11.4. The average molecular weight is 533 g/mol. The molecule has 0 aromatic heterocycles. The molecule has 0 radical (unpaired) electrons. The van der Waals surface area contributed by atoms with Gasteiger partial charge in [0, 0.05) is 36.0 Å². The van der Waals surface area contributed by atoms with Gasteiger partial charge in [0.2, 0.25) is 0 Å². The van der Waals surface area contributed by atoms with Crippen LogP contribution < -0.4 is 0 Å². The summed E-state index contributed by atoms with van der Waals surface area (Å²) in [6.45, 7) is 0.857. The summed E-state index contributed by atoms with van der Waals surface area (Å²) in [7, 11) is 0. The van der Waals surface area contributed by atoms with Crippen LogP contribution in [0.5, 0.6) is 0 Å². The summed E-state index contributed by atoms with van der Waals surface area (Å²) in [6.07, 6.45) is -9.91. The third-order valence-corrected chi connectivity index (χ3v) is 7.10. The number of carbonyl (C=O) groups excluding carboxylic acids is 1. The number of carbonyl (C=O) groups is 1. The molecule has 36 heavy (non-hydrogen) atoms. The highest BCUT2D eigenvalue weighted by Gasteiger charge is 2.62. The lowest BCUT2D eigenvalue weighted by atomic mass is 9.85. The second-order valence-corrected chi connectivity index (χ2v) is 9.85. The Morgan fingerprint density at radius 1 is 1.06 bits per heavy atom. The first-order chi connectivity index (χ1) is 16.7.